The van der Waals surface area contributed by atoms with Crippen LogP contribution in [0.1, 0.15) is 28.8 Å². The van der Waals surface area contributed by atoms with Crippen molar-refractivity contribution in [3.8, 4) is 0 Å². The minimum Gasteiger partial charge on any atom is -0.373 e. The Bertz CT molecular complexity index is 598. The van der Waals surface area contributed by atoms with Crippen molar-refractivity contribution < 1.29 is 9.53 Å². The second kappa shape index (κ2) is 7.09. The van der Waals surface area contributed by atoms with Crippen LogP contribution in [0.2, 0.25) is 0 Å². The Morgan fingerprint density at radius 1 is 1.18 bits per heavy atom. The topological polar surface area (TPSA) is 68.2 Å². The Labute approximate surface area is 129 Å². The predicted molar refractivity (Wildman–Crippen MR) is 80.0 cm³/mol. The summed E-state index contributed by atoms with van der Waals surface area (Å²) in [6.07, 6.45) is 8.51. The van der Waals surface area contributed by atoms with Crippen LogP contribution in [0.25, 0.3) is 0 Å². The number of hydrogen-bond acceptors (Lipinski definition) is 5. The van der Waals surface area contributed by atoms with Crippen LogP contribution < -0.4 is 0 Å². The zero-order valence-corrected chi connectivity index (χ0v) is 12.3. The Kier molecular flexibility index (Phi) is 4.70. The molecule has 0 saturated carbocycles. The Balaban J connectivity index is 1.47. The molecule has 0 N–H and O–H groups in total. The van der Waals surface area contributed by atoms with Gasteiger partial charge in [0.15, 0.2) is 0 Å². The highest BCUT2D eigenvalue weighted by Gasteiger charge is 2.24. The molecule has 0 radical (unpaired) electrons. The third-order valence-corrected chi connectivity index (χ3v) is 3.77. The SMILES string of the molecule is O=C(c1ccnnc1)N1CCC(OCc2cccnc2)CC1. The van der Waals surface area contributed by atoms with Crippen LogP contribution in [0.15, 0.2) is 43.0 Å². The van der Waals surface area contributed by atoms with E-state index in [0.717, 1.165) is 18.4 Å². The average molecular weight is 298 g/mol. The first-order valence-corrected chi connectivity index (χ1v) is 7.39. The summed E-state index contributed by atoms with van der Waals surface area (Å²) in [5.41, 5.74) is 1.66. The summed E-state index contributed by atoms with van der Waals surface area (Å²) in [7, 11) is 0. The third kappa shape index (κ3) is 3.65. The molecule has 0 aromatic carbocycles. The summed E-state index contributed by atoms with van der Waals surface area (Å²) in [5.74, 6) is 0.0145. The minimum atomic E-state index is 0.0145. The van der Waals surface area contributed by atoms with E-state index in [9.17, 15) is 4.79 Å². The summed E-state index contributed by atoms with van der Waals surface area (Å²) in [6.45, 7) is 1.98. The molecule has 22 heavy (non-hydrogen) atoms. The zero-order valence-electron chi connectivity index (χ0n) is 12.3. The summed E-state index contributed by atoms with van der Waals surface area (Å²) in [4.78, 5) is 18.2. The molecule has 1 saturated heterocycles. The lowest BCUT2D eigenvalue weighted by molar-refractivity contribution is -0.000481. The normalized spacial score (nSPS) is 15.7. The molecule has 0 bridgehead atoms. The van der Waals surface area contributed by atoms with Crippen LogP contribution in [-0.2, 0) is 11.3 Å². The molecule has 0 atom stereocenters. The quantitative estimate of drug-likeness (QED) is 0.859. The lowest BCUT2D eigenvalue weighted by Gasteiger charge is -2.32. The second-order valence-electron chi connectivity index (χ2n) is 5.29. The van der Waals surface area contributed by atoms with Gasteiger partial charge in [-0.1, -0.05) is 6.07 Å². The van der Waals surface area contributed by atoms with E-state index in [1.54, 1.807) is 12.3 Å². The Hall–Kier alpha value is -2.34. The molecule has 1 fully saturated rings. The number of carbonyl (C=O) groups excluding carboxylic acids is 1. The number of likely N-dealkylation sites (tertiary alicyclic amines) is 1. The third-order valence-electron chi connectivity index (χ3n) is 3.77. The summed E-state index contributed by atoms with van der Waals surface area (Å²) >= 11 is 0. The smallest absolute Gasteiger partial charge is 0.255 e. The Morgan fingerprint density at radius 2 is 2.05 bits per heavy atom. The molecule has 1 aliphatic rings. The number of ether oxygens (including phenoxy) is 1. The molecule has 2 aromatic rings. The highest BCUT2D eigenvalue weighted by molar-refractivity contribution is 5.93. The monoisotopic (exact) mass is 298 g/mol. The number of rotatable bonds is 4. The molecule has 0 aliphatic carbocycles. The first-order chi connectivity index (χ1) is 10.8. The second-order valence-corrected chi connectivity index (χ2v) is 5.29. The fourth-order valence-electron chi connectivity index (χ4n) is 2.52. The number of amides is 1. The van der Waals surface area contributed by atoms with Crippen molar-refractivity contribution in [2.75, 3.05) is 13.1 Å². The molecule has 114 valence electrons. The van der Waals surface area contributed by atoms with Crippen LogP contribution in [0, 0.1) is 0 Å². The zero-order chi connectivity index (χ0) is 15.2. The van der Waals surface area contributed by atoms with E-state index < -0.39 is 0 Å². The van der Waals surface area contributed by atoms with Gasteiger partial charge in [0.2, 0.25) is 0 Å². The van der Waals surface area contributed by atoms with Crippen LogP contribution in [0.4, 0.5) is 0 Å². The molecule has 0 unspecified atom stereocenters. The maximum atomic E-state index is 12.3. The van der Waals surface area contributed by atoms with Crippen LogP contribution in [0.5, 0.6) is 0 Å². The Morgan fingerprint density at radius 3 is 2.73 bits per heavy atom. The van der Waals surface area contributed by atoms with Gasteiger partial charge in [-0.15, -0.1) is 0 Å². The number of aromatic nitrogens is 3. The van der Waals surface area contributed by atoms with Gasteiger partial charge in [-0.3, -0.25) is 9.78 Å². The van der Waals surface area contributed by atoms with Crippen molar-refractivity contribution in [2.24, 2.45) is 0 Å². The van der Waals surface area contributed by atoms with E-state index in [0.29, 0.717) is 25.3 Å². The summed E-state index contributed by atoms with van der Waals surface area (Å²) in [6, 6.07) is 5.60. The van der Waals surface area contributed by atoms with E-state index in [1.807, 2.05) is 23.2 Å². The fourth-order valence-corrected chi connectivity index (χ4v) is 2.52. The van der Waals surface area contributed by atoms with E-state index in [1.165, 1.54) is 12.4 Å². The first kappa shape index (κ1) is 14.6. The fraction of sp³-hybridized carbons (Fsp3) is 0.375. The van der Waals surface area contributed by atoms with Gasteiger partial charge < -0.3 is 9.64 Å². The van der Waals surface area contributed by atoms with E-state index >= 15 is 0 Å². The maximum absolute atomic E-state index is 12.3. The van der Waals surface area contributed by atoms with E-state index in [4.69, 9.17) is 4.74 Å². The molecular formula is C16H18N4O2. The van der Waals surface area contributed by atoms with Gasteiger partial charge in [-0.2, -0.15) is 10.2 Å². The van der Waals surface area contributed by atoms with Gasteiger partial charge >= 0.3 is 0 Å². The standard InChI is InChI=1S/C16H18N4O2/c21-16(14-3-7-18-19-11-14)20-8-4-15(5-9-20)22-12-13-2-1-6-17-10-13/h1-3,6-7,10-11,15H,4-5,8-9,12H2. The number of piperidine rings is 1. The highest BCUT2D eigenvalue weighted by atomic mass is 16.5. The average Bonchev–Trinajstić information content (AvgIpc) is 2.61. The predicted octanol–water partition coefficient (Wildman–Crippen LogP) is 1.69. The molecule has 2 aromatic heterocycles. The number of nitrogens with zero attached hydrogens (tertiary/aromatic N) is 4. The summed E-state index contributed by atoms with van der Waals surface area (Å²) < 4.78 is 5.90. The van der Waals surface area contributed by atoms with Crippen LogP contribution in [0.3, 0.4) is 0 Å². The number of hydrogen-bond donors (Lipinski definition) is 0. The molecule has 0 spiro atoms. The lowest BCUT2D eigenvalue weighted by atomic mass is 10.1. The summed E-state index contributed by atoms with van der Waals surface area (Å²) in [5, 5.41) is 7.44. The first-order valence-electron chi connectivity index (χ1n) is 7.39. The van der Waals surface area contributed by atoms with Crippen molar-refractivity contribution in [3.05, 3.63) is 54.1 Å². The molecule has 3 heterocycles. The van der Waals surface area contributed by atoms with Gasteiger partial charge in [0.25, 0.3) is 5.91 Å². The molecule has 1 aliphatic heterocycles. The van der Waals surface area contributed by atoms with Gasteiger partial charge in [-0.25, -0.2) is 0 Å². The van der Waals surface area contributed by atoms with E-state index in [2.05, 4.69) is 15.2 Å². The van der Waals surface area contributed by atoms with Crippen molar-refractivity contribution in [1.29, 1.82) is 0 Å². The van der Waals surface area contributed by atoms with Crippen LogP contribution in [-0.4, -0.2) is 45.2 Å². The van der Waals surface area contributed by atoms with Gasteiger partial charge in [0, 0.05) is 25.5 Å². The maximum Gasteiger partial charge on any atom is 0.255 e. The van der Waals surface area contributed by atoms with E-state index in [-0.39, 0.29) is 12.0 Å². The lowest BCUT2D eigenvalue weighted by Crippen LogP contribution is -2.40. The van der Waals surface area contributed by atoms with Gasteiger partial charge in [0.1, 0.15) is 0 Å². The van der Waals surface area contributed by atoms with Gasteiger partial charge in [-0.05, 0) is 30.5 Å². The van der Waals surface area contributed by atoms with Crippen molar-refractivity contribution in [1.82, 2.24) is 20.1 Å². The largest absolute Gasteiger partial charge is 0.373 e. The number of pyridine rings is 1. The minimum absolute atomic E-state index is 0.0145. The molecule has 3 rings (SSSR count). The molecule has 6 nitrogen and oxygen atoms in total. The van der Waals surface area contributed by atoms with Crippen molar-refractivity contribution in [2.45, 2.75) is 25.6 Å². The van der Waals surface area contributed by atoms with Crippen molar-refractivity contribution in [3.63, 3.8) is 0 Å². The van der Waals surface area contributed by atoms with Crippen molar-refractivity contribution >= 4 is 5.91 Å². The molecule has 6 heteroatoms. The van der Waals surface area contributed by atoms with Crippen LogP contribution >= 0.6 is 0 Å². The molecular weight excluding hydrogens is 280 g/mol. The highest BCUT2D eigenvalue weighted by Crippen LogP contribution is 2.17. The number of carbonyl (C=O) groups is 1. The molecule has 1 amide bonds. The van der Waals surface area contributed by atoms with Gasteiger partial charge in [0.05, 0.1) is 30.7 Å².